The molecule has 3 aromatic heterocycles. The highest BCUT2D eigenvalue weighted by molar-refractivity contribution is 7.98. The molecule has 0 fully saturated rings. The lowest BCUT2D eigenvalue weighted by atomic mass is 10.2. The lowest BCUT2D eigenvalue weighted by molar-refractivity contribution is -0.137. The first-order valence-corrected chi connectivity index (χ1v) is 9.24. The minimum atomic E-state index is -0.903. The maximum Gasteiger partial charge on any atom is 0.326 e. The van der Waals surface area contributed by atoms with Gasteiger partial charge in [-0.25, -0.2) is 19.7 Å². The van der Waals surface area contributed by atoms with Gasteiger partial charge in [-0.3, -0.25) is 10.1 Å². The van der Waals surface area contributed by atoms with Crippen LogP contribution >= 0.6 is 11.8 Å². The van der Waals surface area contributed by atoms with Crippen molar-refractivity contribution in [1.82, 2.24) is 30.1 Å². The molecule has 0 saturated carbocycles. The summed E-state index contributed by atoms with van der Waals surface area (Å²) >= 11 is 1.60. The number of anilines is 2. The number of rotatable bonds is 9. The fourth-order valence-electron chi connectivity index (χ4n) is 2.27. The molecule has 26 heavy (non-hydrogen) atoms. The van der Waals surface area contributed by atoms with E-state index in [1.165, 1.54) is 12.5 Å². The molecule has 0 aliphatic heterocycles. The zero-order chi connectivity index (χ0) is 18.4. The Balaban J connectivity index is 1.60. The summed E-state index contributed by atoms with van der Waals surface area (Å²) < 4.78 is 0. The molecule has 0 radical (unpaired) electrons. The monoisotopic (exact) mass is 374 g/mol. The molecule has 0 spiro atoms. The fourth-order valence-corrected chi connectivity index (χ4v) is 2.74. The maximum absolute atomic E-state index is 11.3. The molecule has 3 aromatic rings. The van der Waals surface area contributed by atoms with Gasteiger partial charge in [0.25, 0.3) is 0 Å². The van der Waals surface area contributed by atoms with Gasteiger partial charge in [-0.15, -0.1) is 0 Å². The van der Waals surface area contributed by atoms with Crippen LogP contribution in [0.1, 0.15) is 12.1 Å². The molecule has 0 saturated heterocycles. The zero-order valence-electron chi connectivity index (χ0n) is 14.0. The molecule has 0 aliphatic rings. The molecule has 0 aliphatic carbocycles. The van der Waals surface area contributed by atoms with E-state index in [0.29, 0.717) is 35.9 Å². The maximum atomic E-state index is 11.3. The van der Waals surface area contributed by atoms with Crippen LogP contribution < -0.4 is 10.6 Å². The summed E-state index contributed by atoms with van der Waals surface area (Å²) in [5, 5.41) is 22.8. The van der Waals surface area contributed by atoms with Crippen LogP contribution in [0.4, 0.5) is 11.6 Å². The summed E-state index contributed by atoms with van der Waals surface area (Å²) in [4.78, 5) is 28.1. The zero-order valence-corrected chi connectivity index (χ0v) is 14.8. The Morgan fingerprint density at radius 3 is 2.88 bits per heavy atom. The Kier molecular flexibility index (Phi) is 5.79. The van der Waals surface area contributed by atoms with Crippen molar-refractivity contribution in [3.63, 3.8) is 0 Å². The fraction of sp³-hybridized carbons (Fsp3) is 0.333. The second-order valence-corrected chi connectivity index (χ2v) is 6.40. The Morgan fingerprint density at radius 2 is 2.15 bits per heavy atom. The predicted molar refractivity (Wildman–Crippen MR) is 99.1 cm³/mol. The van der Waals surface area contributed by atoms with Crippen molar-refractivity contribution in [3.05, 3.63) is 30.6 Å². The Labute approximate surface area is 153 Å². The number of aromatic amines is 1. The number of carbonyl (C=O) groups is 1. The number of H-pyrrole nitrogens is 1. The van der Waals surface area contributed by atoms with Crippen LogP contribution in [0.15, 0.2) is 24.9 Å². The highest BCUT2D eigenvalue weighted by atomic mass is 32.2. The quantitative estimate of drug-likeness (QED) is 0.434. The number of nitrogens with one attached hydrogen (secondary N) is 3. The predicted octanol–water partition coefficient (Wildman–Crippen LogP) is 1.37. The molecule has 0 unspecified atom stereocenters. The van der Waals surface area contributed by atoms with Gasteiger partial charge < -0.3 is 15.7 Å². The molecule has 11 heteroatoms. The number of carboxylic acid groups (broad SMARTS) is 1. The molecule has 3 rings (SSSR count). The molecule has 0 bridgehead atoms. The van der Waals surface area contributed by atoms with Crippen molar-refractivity contribution in [3.8, 4) is 0 Å². The van der Waals surface area contributed by atoms with E-state index >= 15 is 0 Å². The molecule has 4 N–H and O–H groups in total. The summed E-state index contributed by atoms with van der Waals surface area (Å²) in [7, 11) is 0. The topological polar surface area (TPSA) is 142 Å². The van der Waals surface area contributed by atoms with E-state index in [9.17, 15) is 9.90 Å². The summed E-state index contributed by atoms with van der Waals surface area (Å²) in [5.74, 6) is 0.928. The van der Waals surface area contributed by atoms with Gasteiger partial charge in [0.15, 0.2) is 5.65 Å². The van der Waals surface area contributed by atoms with E-state index in [1.54, 1.807) is 24.2 Å². The highest BCUT2D eigenvalue weighted by Crippen LogP contribution is 2.16. The normalized spacial score (nSPS) is 12.0. The van der Waals surface area contributed by atoms with E-state index in [2.05, 4.69) is 40.8 Å². The third kappa shape index (κ3) is 4.36. The number of hydrogen-bond acceptors (Lipinski definition) is 9. The largest absolute Gasteiger partial charge is 0.480 e. The minimum absolute atomic E-state index is 0.416. The molecular weight excluding hydrogens is 356 g/mol. The van der Waals surface area contributed by atoms with Gasteiger partial charge >= 0.3 is 5.97 Å². The first-order valence-electron chi connectivity index (χ1n) is 7.84. The van der Waals surface area contributed by atoms with Crippen molar-refractivity contribution < 1.29 is 9.90 Å². The SMILES string of the molecule is CSCC[C@H](Nc1cnc(CNc2ncnc3[nH]ncc23)cn1)C(=O)O. The van der Waals surface area contributed by atoms with Gasteiger partial charge in [-0.05, 0) is 18.4 Å². The lowest BCUT2D eigenvalue weighted by Gasteiger charge is -2.14. The van der Waals surface area contributed by atoms with Gasteiger partial charge in [-0.2, -0.15) is 16.9 Å². The van der Waals surface area contributed by atoms with E-state index in [4.69, 9.17) is 0 Å². The summed E-state index contributed by atoms with van der Waals surface area (Å²) in [5.41, 5.74) is 1.35. The summed E-state index contributed by atoms with van der Waals surface area (Å²) in [6.07, 6.45) is 8.67. The Hall–Kier alpha value is -2.95. The number of aromatic nitrogens is 6. The van der Waals surface area contributed by atoms with E-state index in [1.807, 2.05) is 6.26 Å². The van der Waals surface area contributed by atoms with Crippen molar-refractivity contribution in [2.24, 2.45) is 0 Å². The number of nitrogens with zero attached hydrogens (tertiary/aromatic N) is 5. The molecule has 0 amide bonds. The van der Waals surface area contributed by atoms with E-state index < -0.39 is 12.0 Å². The van der Waals surface area contributed by atoms with Crippen LogP contribution in [0.5, 0.6) is 0 Å². The third-order valence-electron chi connectivity index (χ3n) is 3.62. The van der Waals surface area contributed by atoms with Crippen LogP contribution in [0.25, 0.3) is 11.0 Å². The number of aliphatic carboxylic acids is 1. The van der Waals surface area contributed by atoms with Gasteiger partial charge in [0.2, 0.25) is 0 Å². The third-order valence-corrected chi connectivity index (χ3v) is 4.27. The van der Waals surface area contributed by atoms with Gasteiger partial charge in [-0.1, -0.05) is 0 Å². The molecule has 10 nitrogen and oxygen atoms in total. The van der Waals surface area contributed by atoms with Crippen molar-refractivity contribution in [2.45, 2.75) is 19.0 Å². The second kappa shape index (κ2) is 8.43. The Bertz CT molecular complexity index is 869. The van der Waals surface area contributed by atoms with Crippen molar-refractivity contribution in [2.75, 3.05) is 22.6 Å². The standard InChI is InChI=1S/C15H18N8O2S/c1-26-3-2-11(15(24)25)22-12-7-16-9(4-17-12)5-18-13-10-6-21-23-14(10)20-8-19-13/h4,6-8,11H,2-3,5H2,1H3,(H,17,22)(H,24,25)(H2,18,19,20,21,23)/t11-/m0/s1. The first-order chi connectivity index (χ1) is 12.7. The van der Waals surface area contributed by atoms with Crippen molar-refractivity contribution in [1.29, 1.82) is 0 Å². The van der Waals surface area contributed by atoms with E-state index in [-0.39, 0.29) is 0 Å². The van der Waals surface area contributed by atoms with E-state index in [0.717, 1.165) is 11.1 Å². The van der Waals surface area contributed by atoms with Gasteiger partial charge in [0.1, 0.15) is 24.0 Å². The molecule has 1 atom stereocenters. The van der Waals surface area contributed by atoms with Crippen LogP contribution in [-0.2, 0) is 11.3 Å². The number of thioether (sulfide) groups is 1. The number of carboxylic acids is 1. The highest BCUT2D eigenvalue weighted by Gasteiger charge is 2.17. The first kappa shape index (κ1) is 17.9. The number of fused-ring (bicyclic) bond motifs is 1. The molecule has 0 aromatic carbocycles. The van der Waals surface area contributed by atoms with Crippen LogP contribution in [0, 0.1) is 0 Å². The van der Waals surface area contributed by atoms with Crippen LogP contribution in [-0.4, -0.2) is 59.3 Å². The van der Waals surface area contributed by atoms with Crippen LogP contribution in [0.3, 0.4) is 0 Å². The smallest absolute Gasteiger partial charge is 0.326 e. The minimum Gasteiger partial charge on any atom is -0.480 e. The Morgan fingerprint density at radius 1 is 1.27 bits per heavy atom. The van der Waals surface area contributed by atoms with Gasteiger partial charge in [0.05, 0.1) is 36.2 Å². The summed E-state index contributed by atoms with van der Waals surface area (Å²) in [6.45, 7) is 0.416. The van der Waals surface area contributed by atoms with Gasteiger partial charge in [0, 0.05) is 0 Å². The average Bonchev–Trinajstić information content (AvgIpc) is 3.13. The lowest BCUT2D eigenvalue weighted by Crippen LogP contribution is -2.30. The van der Waals surface area contributed by atoms with Crippen LogP contribution in [0.2, 0.25) is 0 Å². The van der Waals surface area contributed by atoms with Crippen molar-refractivity contribution >= 4 is 40.4 Å². The summed E-state index contributed by atoms with van der Waals surface area (Å²) in [6, 6.07) is -0.684. The molecule has 136 valence electrons. The molecule has 3 heterocycles. The number of hydrogen-bond donors (Lipinski definition) is 4. The second-order valence-electron chi connectivity index (χ2n) is 5.42. The molecular formula is C15H18N8O2S. The average molecular weight is 374 g/mol.